The number of hydrogen-bond acceptors (Lipinski definition) is 5. The van der Waals surface area contributed by atoms with Crippen LogP contribution >= 0.6 is 11.3 Å². The highest BCUT2D eigenvalue weighted by Gasteiger charge is 2.30. The minimum absolute atomic E-state index is 0.467. The summed E-state index contributed by atoms with van der Waals surface area (Å²) in [4.78, 5) is 9.31. The van der Waals surface area contributed by atoms with Gasteiger partial charge in [-0.1, -0.05) is 6.07 Å². The van der Waals surface area contributed by atoms with Crippen LogP contribution in [0.15, 0.2) is 35.5 Å². The molecule has 1 aliphatic rings. The van der Waals surface area contributed by atoms with Gasteiger partial charge in [-0.25, -0.2) is 13.4 Å². The van der Waals surface area contributed by atoms with Crippen molar-refractivity contribution < 1.29 is 8.42 Å². The summed E-state index contributed by atoms with van der Waals surface area (Å²) in [6.45, 7) is 9.10. The largest absolute Gasteiger partial charge is 0.307 e. The number of rotatable bonds is 4. The maximum absolute atomic E-state index is 12.9. The summed E-state index contributed by atoms with van der Waals surface area (Å²) in [5, 5.41) is 0. The number of imidazole rings is 1. The van der Waals surface area contributed by atoms with E-state index in [-0.39, 0.29) is 0 Å². The van der Waals surface area contributed by atoms with Gasteiger partial charge in [0.2, 0.25) is 10.0 Å². The fraction of sp³-hybridized carbons (Fsp3) is 0.421. The van der Waals surface area contributed by atoms with Crippen molar-refractivity contribution in [1.29, 1.82) is 0 Å². The van der Waals surface area contributed by atoms with Gasteiger partial charge >= 0.3 is 0 Å². The maximum Gasteiger partial charge on any atom is 0.244 e. The first-order chi connectivity index (χ1) is 12.8. The third kappa shape index (κ3) is 3.67. The summed E-state index contributed by atoms with van der Waals surface area (Å²) in [6.07, 6.45) is 4.13. The predicted molar refractivity (Wildman–Crippen MR) is 108 cm³/mol. The number of sulfonamides is 1. The Hall–Kier alpha value is -1.74. The van der Waals surface area contributed by atoms with Crippen molar-refractivity contribution in [3.8, 4) is 0 Å². The predicted octanol–water partition coefficient (Wildman–Crippen LogP) is 2.83. The van der Waals surface area contributed by atoms with Gasteiger partial charge in [0.25, 0.3) is 0 Å². The number of fused-ring (bicyclic) bond motifs is 1. The molecule has 4 heterocycles. The highest BCUT2D eigenvalue weighted by Crippen LogP contribution is 2.28. The lowest BCUT2D eigenvalue weighted by molar-refractivity contribution is 0.180. The number of aryl methyl sites for hydroxylation is 3. The molecule has 3 aromatic rings. The minimum Gasteiger partial charge on any atom is -0.307 e. The smallest absolute Gasteiger partial charge is 0.244 e. The van der Waals surface area contributed by atoms with Gasteiger partial charge in [-0.15, -0.1) is 11.3 Å². The van der Waals surface area contributed by atoms with E-state index in [1.807, 2.05) is 24.3 Å². The Morgan fingerprint density at radius 2 is 1.81 bits per heavy atom. The molecule has 6 nitrogen and oxygen atoms in total. The van der Waals surface area contributed by atoms with E-state index in [2.05, 4.69) is 35.3 Å². The van der Waals surface area contributed by atoms with E-state index >= 15 is 0 Å². The van der Waals surface area contributed by atoms with Crippen LogP contribution in [0, 0.1) is 20.8 Å². The van der Waals surface area contributed by atoms with E-state index < -0.39 is 10.0 Å². The fourth-order valence-electron chi connectivity index (χ4n) is 3.59. The summed E-state index contributed by atoms with van der Waals surface area (Å²) >= 11 is 1.54. The van der Waals surface area contributed by atoms with Crippen molar-refractivity contribution in [1.82, 2.24) is 18.6 Å². The third-order valence-corrected chi connectivity index (χ3v) is 8.10. The lowest BCUT2D eigenvalue weighted by atomic mass is 10.3. The van der Waals surface area contributed by atoms with Gasteiger partial charge in [0.05, 0.1) is 10.6 Å². The molecule has 0 bridgehead atoms. The van der Waals surface area contributed by atoms with E-state index in [0.717, 1.165) is 27.6 Å². The normalized spacial score (nSPS) is 17.0. The van der Waals surface area contributed by atoms with Crippen molar-refractivity contribution in [2.24, 2.45) is 0 Å². The molecule has 144 valence electrons. The van der Waals surface area contributed by atoms with Crippen molar-refractivity contribution in [2.45, 2.75) is 32.2 Å². The summed E-state index contributed by atoms with van der Waals surface area (Å²) in [6, 6.07) is 5.87. The lowest BCUT2D eigenvalue weighted by Gasteiger charge is -2.33. The molecule has 1 fully saturated rings. The van der Waals surface area contributed by atoms with Crippen LogP contribution in [0.3, 0.4) is 0 Å². The Morgan fingerprint density at radius 3 is 2.48 bits per heavy atom. The number of piperazine rings is 1. The van der Waals surface area contributed by atoms with Gasteiger partial charge in [-0.2, -0.15) is 4.31 Å². The molecule has 0 radical (unpaired) electrons. The van der Waals surface area contributed by atoms with Gasteiger partial charge < -0.3 is 4.40 Å². The van der Waals surface area contributed by atoms with E-state index in [1.165, 1.54) is 16.9 Å². The molecule has 0 aliphatic carbocycles. The SMILES string of the molecule is Cc1ccc2nc(CN3CCN(S(=O)(=O)c4cc(C)sc4C)CC3)cn2c1. The second-order valence-electron chi connectivity index (χ2n) is 7.16. The van der Waals surface area contributed by atoms with Gasteiger partial charge in [0, 0.05) is 54.9 Å². The van der Waals surface area contributed by atoms with Crippen LogP contribution < -0.4 is 0 Å². The quantitative estimate of drug-likeness (QED) is 0.671. The van der Waals surface area contributed by atoms with Crippen LogP contribution in [0.25, 0.3) is 5.65 Å². The van der Waals surface area contributed by atoms with E-state index in [9.17, 15) is 8.42 Å². The molecule has 8 heteroatoms. The second kappa shape index (κ2) is 7.01. The number of hydrogen-bond donors (Lipinski definition) is 0. The first-order valence-corrected chi connectivity index (χ1v) is 11.3. The highest BCUT2D eigenvalue weighted by atomic mass is 32.2. The van der Waals surface area contributed by atoms with Crippen molar-refractivity contribution in [2.75, 3.05) is 26.2 Å². The fourth-order valence-corrected chi connectivity index (χ4v) is 6.54. The Morgan fingerprint density at radius 1 is 1.07 bits per heavy atom. The summed E-state index contributed by atoms with van der Waals surface area (Å²) in [5.74, 6) is 0. The molecule has 0 amide bonds. The van der Waals surface area contributed by atoms with Crippen molar-refractivity contribution >= 4 is 27.0 Å². The van der Waals surface area contributed by atoms with Gasteiger partial charge in [-0.3, -0.25) is 4.90 Å². The van der Waals surface area contributed by atoms with E-state index in [0.29, 0.717) is 31.1 Å². The summed E-state index contributed by atoms with van der Waals surface area (Å²) in [5.41, 5.74) is 3.16. The molecule has 0 spiro atoms. The second-order valence-corrected chi connectivity index (χ2v) is 10.5. The molecule has 3 aromatic heterocycles. The molecule has 0 saturated carbocycles. The molecular formula is C19H24N4O2S2. The molecule has 4 rings (SSSR count). The van der Waals surface area contributed by atoms with Gasteiger partial charge in [0.1, 0.15) is 5.65 Å². The Labute approximate surface area is 164 Å². The van der Waals surface area contributed by atoms with Crippen molar-refractivity contribution in [3.63, 3.8) is 0 Å². The molecule has 0 unspecified atom stereocenters. The summed E-state index contributed by atoms with van der Waals surface area (Å²) < 4.78 is 29.5. The van der Waals surface area contributed by atoms with Crippen LogP contribution in [-0.2, 0) is 16.6 Å². The van der Waals surface area contributed by atoms with Crippen molar-refractivity contribution in [3.05, 3.63) is 51.6 Å². The molecule has 0 aromatic carbocycles. The molecule has 1 aliphatic heterocycles. The standard InChI is InChI=1S/C19H24N4O2S2/c1-14-4-5-19-20-17(13-22(19)11-14)12-21-6-8-23(9-7-21)27(24,25)18-10-15(2)26-16(18)3/h4-5,10-11,13H,6-9,12H2,1-3H3. The van der Waals surface area contributed by atoms with Crippen LogP contribution in [0.2, 0.25) is 0 Å². The zero-order valence-electron chi connectivity index (χ0n) is 15.8. The average molecular weight is 405 g/mol. The third-order valence-electron chi connectivity index (χ3n) is 4.98. The monoisotopic (exact) mass is 404 g/mol. The molecular weight excluding hydrogens is 380 g/mol. The molecule has 1 saturated heterocycles. The van der Waals surface area contributed by atoms with Gasteiger partial charge in [0.15, 0.2) is 0 Å². The number of thiophene rings is 1. The van der Waals surface area contributed by atoms with Crippen LogP contribution in [0.1, 0.15) is 21.0 Å². The van der Waals surface area contributed by atoms with Crippen LogP contribution in [0.5, 0.6) is 0 Å². The number of nitrogens with zero attached hydrogens (tertiary/aromatic N) is 4. The highest BCUT2D eigenvalue weighted by molar-refractivity contribution is 7.89. The zero-order chi connectivity index (χ0) is 19.2. The van der Waals surface area contributed by atoms with Crippen LogP contribution in [-0.4, -0.2) is 53.2 Å². The average Bonchev–Trinajstić information content (AvgIpc) is 3.17. The topological polar surface area (TPSA) is 57.9 Å². The molecule has 0 N–H and O–H groups in total. The first-order valence-electron chi connectivity index (χ1n) is 9.07. The first kappa shape index (κ1) is 18.6. The van der Waals surface area contributed by atoms with Crippen LogP contribution in [0.4, 0.5) is 0 Å². The maximum atomic E-state index is 12.9. The Kier molecular flexibility index (Phi) is 4.84. The molecule has 27 heavy (non-hydrogen) atoms. The lowest BCUT2D eigenvalue weighted by Crippen LogP contribution is -2.48. The van der Waals surface area contributed by atoms with E-state index in [1.54, 1.807) is 10.4 Å². The minimum atomic E-state index is -3.40. The number of pyridine rings is 1. The Bertz CT molecular complexity index is 1080. The summed E-state index contributed by atoms with van der Waals surface area (Å²) in [7, 11) is -3.40. The number of aromatic nitrogens is 2. The van der Waals surface area contributed by atoms with E-state index in [4.69, 9.17) is 0 Å². The molecule has 0 atom stereocenters. The zero-order valence-corrected chi connectivity index (χ0v) is 17.5. The Balaban J connectivity index is 1.43. The van der Waals surface area contributed by atoms with Gasteiger partial charge in [-0.05, 0) is 38.5 Å².